The van der Waals surface area contributed by atoms with Crippen molar-refractivity contribution in [3.05, 3.63) is 35.4 Å². The summed E-state index contributed by atoms with van der Waals surface area (Å²) >= 11 is 0. The van der Waals surface area contributed by atoms with Gasteiger partial charge in [-0.15, -0.1) is 0 Å². The van der Waals surface area contributed by atoms with Crippen molar-refractivity contribution < 1.29 is 13.6 Å². The van der Waals surface area contributed by atoms with E-state index in [9.17, 15) is 13.6 Å². The molecule has 1 N–H and O–H groups in total. The van der Waals surface area contributed by atoms with Gasteiger partial charge in [0.1, 0.15) is 0 Å². The monoisotopic (exact) mass is 322 g/mol. The van der Waals surface area contributed by atoms with Crippen LogP contribution >= 0.6 is 0 Å². The van der Waals surface area contributed by atoms with E-state index in [1.54, 1.807) is 11.9 Å². The lowest BCUT2D eigenvalue weighted by molar-refractivity contribution is -0.133. The van der Waals surface area contributed by atoms with Crippen molar-refractivity contribution in [3.8, 4) is 0 Å². The number of fused-ring (bicyclic) bond motifs is 2. The quantitative estimate of drug-likeness (QED) is 0.921. The summed E-state index contributed by atoms with van der Waals surface area (Å²) in [4.78, 5) is 14.2. The van der Waals surface area contributed by atoms with Gasteiger partial charge in [-0.3, -0.25) is 4.79 Å². The number of hydrogen-bond donors (Lipinski definition) is 1. The molecule has 3 nitrogen and oxygen atoms in total. The van der Waals surface area contributed by atoms with Crippen molar-refractivity contribution in [1.29, 1.82) is 0 Å². The predicted molar refractivity (Wildman–Crippen MR) is 84.8 cm³/mol. The first-order chi connectivity index (χ1) is 10.9. The zero-order valence-electron chi connectivity index (χ0n) is 13.7. The summed E-state index contributed by atoms with van der Waals surface area (Å²) in [5.41, 5.74) is 0.616. The van der Waals surface area contributed by atoms with Crippen LogP contribution in [0.4, 0.5) is 8.78 Å². The van der Waals surface area contributed by atoms with E-state index >= 15 is 0 Å². The maximum atomic E-state index is 13.4. The number of benzene rings is 1. The SMILES string of the molecule is CC(c1ccc(F)c(F)c1)N(C)C(=O)CC1CC2CCC(C1)N2. The average molecular weight is 322 g/mol. The lowest BCUT2D eigenvalue weighted by Crippen LogP contribution is -2.40. The molecule has 2 aliphatic heterocycles. The van der Waals surface area contributed by atoms with Crippen LogP contribution in [0.25, 0.3) is 0 Å². The number of nitrogens with zero attached hydrogens (tertiary/aromatic N) is 1. The largest absolute Gasteiger partial charge is 0.339 e. The third kappa shape index (κ3) is 3.55. The molecule has 2 aliphatic rings. The molecular weight excluding hydrogens is 298 g/mol. The van der Waals surface area contributed by atoms with E-state index in [0.29, 0.717) is 30.0 Å². The van der Waals surface area contributed by atoms with Crippen LogP contribution in [0.1, 0.15) is 50.6 Å². The first-order valence-corrected chi connectivity index (χ1v) is 8.40. The number of amides is 1. The highest BCUT2D eigenvalue weighted by Gasteiger charge is 2.35. The minimum absolute atomic E-state index is 0.0773. The topological polar surface area (TPSA) is 32.3 Å². The van der Waals surface area contributed by atoms with Crippen LogP contribution in [0.5, 0.6) is 0 Å². The molecule has 2 fully saturated rings. The lowest BCUT2D eigenvalue weighted by atomic mass is 9.89. The van der Waals surface area contributed by atoms with Gasteiger partial charge >= 0.3 is 0 Å². The number of carbonyl (C=O) groups is 1. The Kier molecular flexibility index (Phi) is 4.67. The van der Waals surface area contributed by atoms with E-state index in [-0.39, 0.29) is 11.9 Å². The molecule has 0 spiro atoms. The van der Waals surface area contributed by atoms with Gasteiger partial charge in [-0.05, 0) is 56.2 Å². The van der Waals surface area contributed by atoms with Gasteiger partial charge in [-0.25, -0.2) is 8.78 Å². The molecule has 3 atom stereocenters. The Morgan fingerprint density at radius 1 is 1.26 bits per heavy atom. The highest BCUT2D eigenvalue weighted by atomic mass is 19.2. The van der Waals surface area contributed by atoms with Crippen molar-refractivity contribution in [2.75, 3.05) is 7.05 Å². The summed E-state index contributed by atoms with van der Waals surface area (Å²) in [6.07, 6.45) is 5.11. The lowest BCUT2D eigenvalue weighted by Gasteiger charge is -2.31. The normalized spacial score (nSPS) is 27.7. The van der Waals surface area contributed by atoms with Crippen molar-refractivity contribution in [2.24, 2.45) is 5.92 Å². The van der Waals surface area contributed by atoms with Gasteiger partial charge in [0, 0.05) is 25.6 Å². The van der Waals surface area contributed by atoms with Crippen molar-refractivity contribution >= 4 is 5.91 Å². The molecule has 0 saturated carbocycles. The van der Waals surface area contributed by atoms with Crippen molar-refractivity contribution in [1.82, 2.24) is 10.2 Å². The van der Waals surface area contributed by atoms with E-state index in [1.807, 2.05) is 6.92 Å². The summed E-state index contributed by atoms with van der Waals surface area (Å²) in [6.45, 7) is 1.84. The van der Waals surface area contributed by atoms with Crippen LogP contribution in [-0.4, -0.2) is 29.9 Å². The maximum absolute atomic E-state index is 13.4. The molecule has 2 heterocycles. The smallest absolute Gasteiger partial charge is 0.223 e. The summed E-state index contributed by atoms with van der Waals surface area (Å²) in [5.74, 6) is -1.22. The second-order valence-electron chi connectivity index (χ2n) is 7.03. The van der Waals surface area contributed by atoms with Crippen LogP contribution < -0.4 is 5.32 Å². The fourth-order valence-electron chi connectivity index (χ4n) is 3.94. The summed E-state index contributed by atoms with van der Waals surface area (Å²) in [6, 6.07) is 4.70. The van der Waals surface area contributed by atoms with E-state index in [2.05, 4.69) is 5.32 Å². The molecule has 5 heteroatoms. The highest BCUT2D eigenvalue weighted by Crippen LogP contribution is 2.33. The molecule has 126 valence electrons. The van der Waals surface area contributed by atoms with Gasteiger partial charge in [0.2, 0.25) is 5.91 Å². The molecule has 2 saturated heterocycles. The van der Waals surface area contributed by atoms with Gasteiger partial charge < -0.3 is 10.2 Å². The summed E-state index contributed by atoms with van der Waals surface area (Å²) in [7, 11) is 1.74. The van der Waals surface area contributed by atoms with Gasteiger partial charge in [0.05, 0.1) is 6.04 Å². The fraction of sp³-hybridized carbons (Fsp3) is 0.611. The van der Waals surface area contributed by atoms with Crippen molar-refractivity contribution in [3.63, 3.8) is 0 Å². The molecule has 1 aromatic rings. The predicted octanol–water partition coefficient (Wildman–Crippen LogP) is 3.40. The number of nitrogens with one attached hydrogen (secondary N) is 1. The van der Waals surface area contributed by atoms with Crippen LogP contribution in [0.3, 0.4) is 0 Å². The second-order valence-corrected chi connectivity index (χ2v) is 7.03. The Labute approximate surface area is 136 Å². The number of halogens is 2. The van der Waals surface area contributed by atoms with Gasteiger partial charge in [-0.2, -0.15) is 0 Å². The first kappa shape index (κ1) is 16.4. The zero-order chi connectivity index (χ0) is 16.6. The molecule has 0 aromatic heterocycles. The molecule has 1 amide bonds. The molecule has 2 bridgehead atoms. The fourth-order valence-corrected chi connectivity index (χ4v) is 3.94. The van der Waals surface area contributed by atoms with Crippen LogP contribution in [0, 0.1) is 17.6 Å². The summed E-state index contributed by atoms with van der Waals surface area (Å²) < 4.78 is 26.4. The molecule has 0 aliphatic carbocycles. The minimum atomic E-state index is -0.870. The Balaban J connectivity index is 1.61. The van der Waals surface area contributed by atoms with E-state index < -0.39 is 11.6 Å². The molecule has 3 unspecified atom stereocenters. The standard InChI is InChI=1S/C18H24F2N2O/c1-11(13-3-6-16(19)17(20)10-13)22(2)18(23)9-12-7-14-4-5-15(8-12)21-14/h3,6,10-12,14-15,21H,4-5,7-9H2,1-2H3. The third-order valence-electron chi connectivity index (χ3n) is 5.43. The molecule has 1 aromatic carbocycles. The highest BCUT2D eigenvalue weighted by molar-refractivity contribution is 5.76. The minimum Gasteiger partial charge on any atom is -0.339 e. The molecule has 23 heavy (non-hydrogen) atoms. The number of carbonyl (C=O) groups excluding carboxylic acids is 1. The van der Waals surface area contributed by atoms with Crippen LogP contribution in [-0.2, 0) is 4.79 Å². The third-order valence-corrected chi connectivity index (χ3v) is 5.43. The Hall–Kier alpha value is -1.49. The van der Waals surface area contributed by atoms with Crippen molar-refractivity contribution in [2.45, 2.75) is 57.2 Å². The number of rotatable bonds is 4. The number of piperidine rings is 1. The zero-order valence-corrected chi connectivity index (χ0v) is 13.7. The van der Waals surface area contributed by atoms with E-state index in [4.69, 9.17) is 0 Å². The summed E-state index contributed by atoms with van der Waals surface area (Å²) in [5, 5.41) is 3.58. The van der Waals surface area contributed by atoms with Gasteiger partial charge in [-0.1, -0.05) is 6.07 Å². The van der Waals surface area contributed by atoms with E-state index in [0.717, 1.165) is 18.9 Å². The number of hydrogen-bond acceptors (Lipinski definition) is 2. The van der Waals surface area contributed by atoms with Crippen LogP contribution in [0.15, 0.2) is 18.2 Å². The van der Waals surface area contributed by atoms with E-state index in [1.165, 1.54) is 25.0 Å². The second kappa shape index (κ2) is 6.56. The molecular formula is C18H24F2N2O. The molecule has 3 rings (SSSR count). The maximum Gasteiger partial charge on any atom is 0.223 e. The van der Waals surface area contributed by atoms with Gasteiger partial charge in [0.25, 0.3) is 0 Å². The van der Waals surface area contributed by atoms with Gasteiger partial charge in [0.15, 0.2) is 11.6 Å². The Morgan fingerprint density at radius 3 is 2.52 bits per heavy atom. The molecule has 0 radical (unpaired) electrons. The Morgan fingerprint density at radius 2 is 1.91 bits per heavy atom. The van der Waals surface area contributed by atoms with Crippen LogP contribution in [0.2, 0.25) is 0 Å². The first-order valence-electron chi connectivity index (χ1n) is 8.40. The average Bonchev–Trinajstić information content (AvgIpc) is 2.87. The Bertz CT molecular complexity index is 580.